The number of benzene rings is 4. The van der Waals surface area contributed by atoms with Crippen molar-refractivity contribution < 1.29 is 14.6 Å². The molecule has 3 N–H and O–H groups in total. The zero-order chi connectivity index (χ0) is 26.5. The van der Waals surface area contributed by atoms with Crippen molar-refractivity contribution in [2.45, 2.75) is 18.9 Å². The van der Waals surface area contributed by atoms with Gasteiger partial charge in [0, 0.05) is 34.5 Å². The predicted molar refractivity (Wildman–Crippen MR) is 152 cm³/mol. The second kappa shape index (κ2) is 11.5. The van der Waals surface area contributed by atoms with Crippen LogP contribution in [0.5, 0.6) is 5.75 Å². The molecular formula is C32H29ClN2O3. The summed E-state index contributed by atoms with van der Waals surface area (Å²) in [5.74, 6) is -0.454. The number of nitrogens with two attached hydrogens (primary N) is 1. The zero-order valence-electron chi connectivity index (χ0n) is 20.9. The summed E-state index contributed by atoms with van der Waals surface area (Å²) in [5.41, 5.74) is 12.1. The molecule has 5 rings (SSSR count). The number of aromatic nitrogens is 1. The number of rotatable bonds is 10. The van der Waals surface area contributed by atoms with Crippen molar-refractivity contribution in [2.75, 3.05) is 13.2 Å². The van der Waals surface area contributed by atoms with Gasteiger partial charge in [-0.2, -0.15) is 0 Å². The molecule has 0 saturated carbocycles. The van der Waals surface area contributed by atoms with Gasteiger partial charge in [-0.1, -0.05) is 78.3 Å². The van der Waals surface area contributed by atoms with Gasteiger partial charge in [0.15, 0.2) is 0 Å². The fourth-order valence-electron chi connectivity index (χ4n) is 5.14. The summed E-state index contributed by atoms with van der Waals surface area (Å²) >= 11 is 6.50. The topological polar surface area (TPSA) is 77.5 Å². The molecule has 0 radical (unpaired) electrons. The van der Waals surface area contributed by atoms with Crippen molar-refractivity contribution in [3.63, 3.8) is 0 Å². The molecule has 5 aromatic rings. The van der Waals surface area contributed by atoms with E-state index in [0.717, 1.165) is 22.2 Å². The van der Waals surface area contributed by atoms with Crippen LogP contribution in [0.1, 0.15) is 38.8 Å². The van der Waals surface area contributed by atoms with E-state index in [0.29, 0.717) is 36.8 Å². The average molecular weight is 525 g/mol. The van der Waals surface area contributed by atoms with Crippen LogP contribution in [0.25, 0.3) is 10.9 Å². The van der Waals surface area contributed by atoms with Gasteiger partial charge in [0.2, 0.25) is 0 Å². The van der Waals surface area contributed by atoms with E-state index in [4.69, 9.17) is 22.1 Å². The Hall–Kier alpha value is -4.06. The molecule has 5 nitrogen and oxygen atoms in total. The number of halogens is 1. The lowest BCUT2D eigenvalue weighted by Crippen LogP contribution is -2.18. The van der Waals surface area contributed by atoms with Crippen molar-refractivity contribution in [1.29, 1.82) is 0 Å². The Morgan fingerprint density at radius 1 is 0.868 bits per heavy atom. The lowest BCUT2D eigenvalue weighted by molar-refractivity contribution is 0.0696. The minimum atomic E-state index is -0.980. The number of carboxylic acid groups (broad SMARTS) is 1. The molecule has 1 aromatic heterocycles. The van der Waals surface area contributed by atoms with Gasteiger partial charge in [0.05, 0.1) is 18.2 Å². The lowest BCUT2D eigenvalue weighted by atomic mass is 9.97. The van der Waals surface area contributed by atoms with E-state index >= 15 is 0 Å². The zero-order valence-corrected chi connectivity index (χ0v) is 21.6. The van der Waals surface area contributed by atoms with Gasteiger partial charge in [-0.05, 0) is 59.6 Å². The molecule has 0 aliphatic rings. The number of hydrogen-bond donors (Lipinski definition) is 2. The number of ether oxygens (including phenoxy) is 1. The first kappa shape index (κ1) is 25.6. The van der Waals surface area contributed by atoms with Gasteiger partial charge in [-0.15, -0.1) is 0 Å². The second-order valence-electron chi connectivity index (χ2n) is 9.15. The number of nitrogens with zero attached hydrogens (tertiary/aromatic N) is 1. The Bertz CT molecular complexity index is 1510. The largest absolute Gasteiger partial charge is 0.493 e. The van der Waals surface area contributed by atoms with E-state index in [1.807, 2.05) is 24.3 Å². The first-order chi connectivity index (χ1) is 18.6. The Labute approximate surface area is 227 Å². The molecule has 192 valence electrons. The lowest BCUT2D eigenvalue weighted by Gasteiger charge is -2.25. The molecule has 0 saturated heterocycles. The van der Waals surface area contributed by atoms with Gasteiger partial charge < -0.3 is 20.1 Å². The fraction of sp³-hybridized carbons (Fsp3) is 0.156. The van der Waals surface area contributed by atoms with Crippen LogP contribution in [-0.4, -0.2) is 28.8 Å². The van der Waals surface area contributed by atoms with E-state index in [2.05, 4.69) is 59.2 Å². The SMILES string of the molecule is NCCc1c(CCOc2cccc(C(=O)O)c2)c2cc(Cl)ccc2n1C(c1ccccc1)c1ccccc1. The van der Waals surface area contributed by atoms with Gasteiger partial charge in [0.1, 0.15) is 5.75 Å². The Balaban J connectivity index is 1.61. The summed E-state index contributed by atoms with van der Waals surface area (Å²) in [6.07, 6.45) is 1.30. The molecule has 0 bridgehead atoms. The maximum Gasteiger partial charge on any atom is 0.335 e. The highest BCUT2D eigenvalue weighted by atomic mass is 35.5. The minimum Gasteiger partial charge on any atom is -0.493 e. The third-order valence-electron chi connectivity index (χ3n) is 6.75. The van der Waals surface area contributed by atoms with Crippen LogP contribution >= 0.6 is 11.6 Å². The van der Waals surface area contributed by atoms with Crippen molar-refractivity contribution in [2.24, 2.45) is 5.73 Å². The van der Waals surface area contributed by atoms with Gasteiger partial charge >= 0.3 is 5.97 Å². The number of hydrogen-bond acceptors (Lipinski definition) is 3. The van der Waals surface area contributed by atoms with E-state index in [-0.39, 0.29) is 11.6 Å². The molecule has 4 aromatic carbocycles. The number of carboxylic acids is 1. The van der Waals surface area contributed by atoms with Crippen LogP contribution in [0.15, 0.2) is 103 Å². The monoisotopic (exact) mass is 524 g/mol. The summed E-state index contributed by atoms with van der Waals surface area (Å²) in [5, 5.41) is 11.1. The van der Waals surface area contributed by atoms with Crippen LogP contribution in [0.2, 0.25) is 5.02 Å². The van der Waals surface area contributed by atoms with E-state index in [9.17, 15) is 9.90 Å². The van der Waals surface area contributed by atoms with Gasteiger partial charge in [0.25, 0.3) is 0 Å². The number of fused-ring (bicyclic) bond motifs is 1. The van der Waals surface area contributed by atoms with Gasteiger partial charge in [-0.25, -0.2) is 4.79 Å². The molecule has 0 amide bonds. The summed E-state index contributed by atoms with van der Waals surface area (Å²) in [6.45, 7) is 0.877. The number of aromatic carboxylic acids is 1. The first-order valence-electron chi connectivity index (χ1n) is 12.6. The highest BCUT2D eigenvalue weighted by Gasteiger charge is 2.25. The van der Waals surface area contributed by atoms with E-state index in [1.165, 1.54) is 11.1 Å². The molecular weight excluding hydrogens is 496 g/mol. The van der Waals surface area contributed by atoms with Crippen molar-refractivity contribution in [3.05, 3.63) is 136 Å². The molecule has 0 spiro atoms. The van der Waals surface area contributed by atoms with Crippen LogP contribution in [0.3, 0.4) is 0 Å². The smallest absolute Gasteiger partial charge is 0.335 e. The Morgan fingerprint density at radius 3 is 2.18 bits per heavy atom. The van der Waals surface area contributed by atoms with Gasteiger partial charge in [-0.3, -0.25) is 0 Å². The Kier molecular flexibility index (Phi) is 7.78. The summed E-state index contributed by atoms with van der Waals surface area (Å²) in [6, 6.07) is 33.5. The fourth-order valence-corrected chi connectivity index (χ4v) is 5.31. The summed E-state index contributed by atoms with van der Waals surface area (Å²) in [7, 11) is 0. The number of carbonyl (C=O) groups is 1. The van der Waals surface area contributed by atoms with Crippen LogP contribution in [-0.2, 0) is 12.8 Å². The van der Waals surface area contributed by atoms with E-state index < -0.39 is 5.97 Å². The molecule has 0 aliphatic heterocycles. The van der Waals surface area contributed by atoms with Crippen LogP contribution < -0.4 is 10.5 Å². The summed E-state index contributed by atoms with van der Waals surface area (Å²) < 4.78 is 8.41. The molecule has 0 aliphatic carbocycles. The third-order valence-corrected chi connectivity index (χ3v) is 6.99. The van der Waals surface area contributed by atoms with Crippen molar-refractivity contribution in [1.82, 2.24) is 4.57 Å². The molecule has 38 heavy (non-hydrogen) atoms. The van der Waals surface area contributed by atoms with E-state index in [1.54, 1.807) is 24.3 Å². The highest BCUT2D eigenvalue weighted by Crippen LogP contribution is 2.37. The van der Waals surface area contributed by atoms with Crippen LogP contribution in [0, 0.1) is 0 Å². The van der Waals surface area contributed by atoms with Crippen LogP contribution in [0.4, 0.5) is 0 Å². The normalized spacial score (nSPS) is 11.2. The maximum atomic E-state index is 11.4. The molecule has 6 heteroatoms. The summed E-state index contributed by atoms with van der Waals surface area (Å²) in [4.78, 5) is 11.4. The highest BCUT2D eigenvalue weighted by molar-refractivity contribution is 6.31. The standard InChI is InChI=1S/C32H29ClN2O3/c33-25-14-15-29-28(21-25)27(17-19-38-26-13-7-12-24(20-26)32(36)37)30(16-18-34)35(29)31(22-8-3-1-4-9-22)23-10-5-2-6-11-23/h1-15,20-21,31H,16-19,34H2,(H,36,37). The quantitative estimate of drug-likeness (QED) is 0.212. The predicted octanol–water partition coefficient (Wildman–Crippen LogP) is 6.75. The Morgan fingerprint density at radius 2 is 1.55 bits per heavy atom. The van der Waals surface area contributed by atoms with Crippen molar-refractivity contribution in [3.8, 4) is 5.75 Å². The minimum absolute atomic E-state index is 0.0513. The van der Waals surface area contributed by atoms with Crippen molar-refractivity contribution >= 4 is 28.5 Å². The molecule has 0 unspecified atom stereocenters. The first-order valence-corrected chi connectivity index (χ1v) is 13.0. The molecule has 0 fully saturated rings. The maximum absolute atomic E-state index is 11.4. The second-order valence-corrected chi connectivity index (χ2v) is 9.59. The third kappa shape index (κ3) is 5.30. The average Bonchev–Trinajstić information content (AvgIpc) is 3.22. The molecule has 1 heterocycles. The molecule has 0 atom stereocenters.